The molecule has 4 heteroatoms. The molecule has 0 spiro atoms. The number of hydrogen-bond acceptors (Lipinski definition) is 4. The zero-order valence-corrected chi connectivity index (χ0v) is 32.8. The first-order chi connectivity index (χ1) is 25.2. The molecule has 0 saturated carbocycles. The van der Waals surface area contributed by atoms with Crippen molar-refractivity contribution in [3.8, 4) is 0 Å². The second kappa shape index (κ2) is 43.2. The quantitative estimate of drug-likeness (QED) is 0.0401. The summed E-state index contributed by atoms with van der Waals surface area (Å²) in [6.45, 7) is 5.03. The van der Waals surface area contributed by atoms with Crippen molar-refractivity contribution in [3.63, 3.8) is 0 Å². The summed E-state index contributed by atoms with van der Waals surface area (Å²) in [5, 5.41) is 9.57. The number of ether oxygens (including phenoxy) is 2. The van der Waals surface area contributed by atoms with Crippen molar-refractivity contribution in [2.24, 2.45) is 0 Å². The fraction of sp³-hybridized carbons (Fsp3) is 0.596. The SMILES string of the molecule is CC/C=C\C/C=C\C/C=C\C/C=C\C/C=C\C/C=C\CCCCCCCCCOCC(CO)OC(=O)CCCCC/C=C\C/C=C\C/C=C\CC. The molecule has 1 N–H and O–H groups in total. The fourth-order valence-corrected chi connectivity index (χ4v) is 5.11. The number of carbonyl (C=O) groups is 1. The van der Waals surface area contributed by atoms with Crippen LogP contribution in [0.4, 0.5) is 0 Å². The average Bonchev–Trinajstić information content (AvgIpc) is 3.14. The number of carbonyl (C=O) groups excluding carboxylic acids is 1. The molecule has 0 amide bonds. The van der Waals surface area contributed by atoms with Gasteiger partial charge in [0.25, 0.3) is 0 Å². The normalized spacial score (nSPS) is 13.5. The Morgan fingerprint density at radius 2 is 0.824 bits per heavy atom. The summed E-state index contributed by atoms with van der Waals surface area (Å²) in [6, 6.07) is 0. The number of allylic oxidation sites excluding steroid dienone is 18. The van der Waals surface area contributed by atoms with Crippen LogP contribution in [0.2, 0.25) is 0 Å². The molecule has 0 radical (unpaired) electrons. The van der Waals surface area contributed by atoms with Gasteiger partial charge >= 0.3 is 5.97 Å². The minimum atomic E-state index is -0.563. The van der Waals surface area contributed by atoms with Gasteiger partial charge in [-0.3, -0.25) is 4.79 Å². The number of aliphatic hydroxyl groups is 1. The van der Waals surface area contributed by atoms with Crippen LogP contribution in [0.3, 0.4) is 0 Å². The van der Waals surface area contributed by atoms with E-state index in [0.717, 1.165) is 96.3 Å². The van der Waals surface area contributed by atoms with Crippen LogP contribution >= 0.6 is 0 Å². The lowest BCUT2D eigenvalue weighted by Gasteiger charge is -2.15. The molecular formula is C47H76O4. The summed E-state index contributed by atoms with van der Waals surface area (Å²) in [5.41, 5.74) is 0. The van der Waals surface area contributed by atoms with Crippen molar-refractivity contribution in [3.05, 3.63) is 109 Å². The molecular weight excluding hydrogens is 629 g/mol. The second-order valence-corrected chi connectivity index (χ2v) is 12.9. The smallest absolute Gasteiger partial charge is 0.306 e. The number of aliphatic hydroxyl groups excluding tert-OH is 1. The minimum absolute atomic E-state index is 0.196. The summed E-state index contributed by atoms with van der Waals surface area (Å²) in [7, 11) is 0. The van der Waals surface area contributed by atoms with E-state index >= 15 is 0 Å². The van der Waals surface area contributed by atoms with E-state index in [2.05, 4.69) is 123 Å². The monoisotopic (exact) mass is 705 g/mol. The molecule has 51 heavy (non-hydrogen) atoms. The van der Waals surface area contributed by atoms with Crippen LogP contribution in [-0.4, -0.2) is 37.0 Å². The van der Waals surface area contributed by atoms with E-state index in [4.69, 9.17) is 9.47 Å². The first-order valence-corrected chi connectivity index (χ1v) is 20.5. The molecule has 0 aromatic carbocycles. The van der Waals surface area contributed by atoms with Gasteiger partial charge in [-0.15, -0.1) is 0 Å². The van der Waals surface area contributed by atoms with E-state index in [9.17, 15) is 9.90 Å². The molecule has 0 aliphatic heterocycles. The van der Waals surface area contributed by atoms with Gasteiger partial charge in [0.2, 0.25) is 0 Å². The molecule has 0 fully saturated rings. The number of rotatable bonds is 36. The van der Waals surface area contributed by atoms with E-state index in [0.29, 0.717) is 13.0 Å². The Morgan fingerprint density at radius 1 is 0.471 bits per heavy atom. The molecule has 288 valence electrons. The Kier molecular flexibility index (Phi) is 40.7. The van der Waals surface area contributed by atoms with Crippen LogP contribution < -0.4 is 0 Å². The topological polar surface area (TPSA) is 55.8 Å². The first-order valence-electron chi connectivity index (χ1n) is 20.5. The molecule has 0 heterocycles. The third kappa shape index (κ3) is 41.4. The van der Waals surface area contributed by atoms with Crippen LogP contribution in [0.25, 0.3) is 0 Å². The molecule has 0 aromatic rings. The highest BCUT2D eigenvalue weighted by atomic mass is 16.6. The Hall–Kier alpha value is -2.95. The fourth-order valence-electron chi connectivity index (χ4n) is 5.11. The molecule has 1 unspecified atom stereocenters. The third-order valence-corrected chi connectivity index (χ3v) is 8.09. The standard InChI is InChI=1S/C47H76O4/c1-3-5-7-9-11-13-15-17-18-19-20-21-22-23-24-25-26-27-28-29-31-33-35-37-39-41-43-50-45-46(44-48)51-47(49)42-40-38-36-34-32-30-16-14-12-10-8-6-4-2/h5-8,11-14,17-18,20-21,23-24,26-27,30,32,46,48H,3-4,9-10,15-16,19,22,25,28-29,31,33-45H2,1-2H3/b7-5-,8-6-,13-11-,14-12-,18-17-,21-20-,24-23-,27-26-,32-30-. The molecule has 0 bridgehead atoms. The van der Waals surface area contributed by atoms with Crippen LogP contribution in [0.1, 0.15) is 155 Å². The first kappa shape index (κ1) is 48.0. The largest absolute Gasteiger partial charge is 0.457 e. The van der Waals surface area contributed by atoms with Crippen LogP contribution in [0.5, 0.6) is 0 Å². The Balaban J connectivity index is 3.55. The minimum Gasteiger partial charge on any atom is -0.457 e. The summed E-state index contributed by atoms with van der Waals surface area (Å²) in [4.78, 5) is 12.1. The van der Waals surface area contributed by atoms with Crippen molar-refractivity contribution >= 4 is 5.97 Å². The second-order valence-electron chi connectivity index (χ2n) is 12.9. The van der Waals surface area contributed by atoms with Crippen molar-refractivity contribution in [1.82, 2.24) is 0 Å². The molecule has 4 nitrogen and oxygen atoms in total. The molecule has 0 aromatic heterocycles. The molecule has 0 aliphatic rings. The number of esters is 1. The highest BCUT2D eigenvalue weighted by Crippen LogP contribution is 2.10. The van der Waals surface area contributed by atoms with Gasteiger partial charge in [-0.2, -0.15) is 0 Å². The van der Waals surface area contributed by atoms with E-state index in [-0.39, 0.29) is 19.2 Å². The lowest BCUT2D eigenvalue weighted by atomic mass is 10.1. The van der Waals surface area contributed by atoms with Crippen molar-refractivity contribution in [2.75, 3.05) is 19.8 Å². The summed E-state index contributed by atoms with van der Waals surface area (Å²) in [6.07, 6.45) is 62.9. The Labute approximate surface area is 315 Å². The van der Waals surface area contributed by atoms with E-state index in [1.165, 1.54) is 38.5 Å². The van der Waals surface area contributed by atoms with Gasteiger partial charge in [0.1, 0.15) is 6.10 Å². The van der Waals surface area contributed by atoms with Crippen LogP contribution in [0.15, 0.2) is 109 Å². The van der Waals surface area contributed by atoms with E-state index in [1.54, 1.807) is 0 Å². The van der Waals surface area contributed by atoms with Gasteiger partial charge in [0, 0.05) is 13.0 Å². The molecule has 0 saturated heterocycles. The highest BCUT2D eigenvalue weighted by Gasteiger charge is 2.13. The third-order valence-electron chi connectivity index (χ3n) is 8.09. The maximum absolute atomic E-state index is 12.1. The van der Waals surface area contributed by atoms with E-state index < -0.39 is 6.10 Å². The van der Waals surface area contributed by atoms with Gasteiger partial charge in [-0.25, -0.2) is 0 Å². The van der Waals surface area contributed by atoms with Gasteiger partial charge in [-0.1, -0.05) is 162 Å². The van der Waals surface area contributed by atoms with Crippen molar-refractivity contribution in [2.45, 2.75) is 161 Å². The average molecular weight is 705 g/mol. The van der Waals surface area contributed by atoms with E-state index in [1.807, 2.05) is 0 Å². The van der Waals surface area contributed by atoms with Crippen molar-refractivity contribution in [1.29, 1.82) is 0 Å². The lowest BCUT2D eigenvalue weighted by Crippen LogP contribution is -2.27. The lowest BCUT2D eigenvalue weighted by molar-refractivity contribution is -0.154. The highest BCUT2D eigenvalue weighted by molar-refractivity contribution is 5.69. The van der Waals surface area contributed by atoms with Crippen molar-refractivity contribution < 1.29 is 19.4 Å². The van der Waals surface area contributed by atoms with Gasteiger partial charge in [0.05, 0.1) is 13.2 Å². The van der Waals surface area contributed by atoms with Gasteiger partial charge in [-0.05, 0) is 96.3 Å². The summed E-state index contributed by atoms with van der Waals surface area (Å²) in [5.74, 6) is -0.240. The van der Waals surface area contributed by atoms with Gasteiger partial charge < -0.3 is 14.6 Å². The summed E-state index contributed by atoms with van der Waals surface area (Å²) >= 11 is 0. The van der Waals surface area contributed by atoms with Crippen LogP contribution in [0, 0.1) is 0 Å². The predicted molar refractivity (Wildman–Crippen MR) is 223 cm³/mol. The zero-order chi connectivity index (χ0) is 37.0. The molecule has 1 atom stereocenters. The number of hydrogen-bond donors (Lipinski definition) is 1. The maximum atomic E-state index is 12.1. The maximum Gasteiger partial charge on any atom is 0.306 e. The zero-order valence-electron chi connectivity index (χ0n) is 32.8. The van der Waals surface area contributed by atoms with Crippen LogP contribution in [-0.2, 0) is 14.3 Å². The molecule has 0 rings (SSSR count). The molecule has 0 aliphatic carbocycles. The Morgan fingerprint density at radius 3 is 1.24 bits per heavy atom. The predicted octanol–water partition coefficient (Wildman–Crippen LogP) is 13.5. The summed E-state index contributed by atoms with van der Waals surface area (Å²) < 4.78 is 11.1. The van der Waals surface area contributed by atoms with Gasteiger partial charge in [0.15, 0.2) is 0 Å². The Bertz CT molecular complexity index is 1010. The number of unbranched alkanes of at least 4 members (excludes halogenated alkanes) is 10.